The van der Waals surface area contributed by atoms with Gasteiger partial charge in [-0.15, -0.1) is 5.10 Å². The van der Waals surface area contributed by atoms with E-state index in [1.165, 1.54) is 0 Å². The number of amides is 1. The fourth-order valence-electron chi connectivity index (χ4n) is 3.15. The second-order valence-corrected chi connectivity index (χ2v) is 6.74. The van der Waals surface area contributed by atoms with Crippen LogP contribution in [0.25, 0.3) is 5.69 Å². The summed E-state index contributed by atoms with van der Waals surface area (Å²) in [6.07, 6.45) is 5.03. The van der Waals surface area contributed by atoms with Gasteiger partial charge in [-0.2, -0.15) is 0 Å². The standard InChI is InChI=1S/C22H21N5O3/c1-16-21(24-25-27(16)18-7-9-19(29-2)10-8-18)22(28)26(15-20-6-4-12-30-20)14-17-5-3-11-23-13-17/h3-13H,14-15H2,1-2H3. The van der Waals surface area contributed by atoms with Gasteiger partial charge in [-0.05, 0) is 55.0 Å². The molecule has 1 aromatic carbocycles. The van der Waals surface area contributed by atoms with Gasteiger partial charge in [0.05, 0.1) is 31.3 Å². The number of hydrogen-bond acceptors (Lipinski definition) is 6. The van der Waals surface area contributed by atoms with Crippen molar-refractivity contribution in [3.63, 3.8) is 0 Å². The molecule has 1 amide bonds. The quantitative estimate of drug-likeness (QED) is 0.470. The Morgan fingerprint density at radius 3 is 2.63 bits per heavy atom. The lowest BCUT2D eigenvalue weighted by atomic mass is 10.2. The maximum Gasteiger partial charge on any atom is 0.277 e. The number of pyridine rings is 1. The highest BCUT2D eigenvalue weighted by Crippen LogP contribution is 2.19. The van der Waals surface area contributed by atoms with E-state index in [2.05, 4.69) is 15.3 Å². The highest BCUT2D eigenvalue weighted by molar-refractivity contribution is 5.93. The van der Waals surface area contributed by atoms with E-state index in [1.54, 1.807) is 41.4 Å². The summed E-state index contributed by atoms with van der Waals surface area (Å²) in [5.74, 6) is 1.20. The second-order valence-electron chi connectivity index (χ2n) is 6.74. The van der Waals surface area contributed by atoms with Gasteiger partial charge in [-0.3, -0.25) is 9.78 Å². The smallest absolute Gasteiger partial charge is 0.277 e. The third-order valence-corrected chi connectivity index (χ3v) is 4.72. The van der Waals surface area contributed by atoms with Gasteiger partial charge in [0.1, 0.15) is 11.5 Å². The monoisotopic (exact) mass is 403 g/mol. The van der Waals surface area contributed by atoms with Crippen molar-refractivity contribution in [2.24, 2.45) is 0 Å². The number of nitrogens with zero attached hydrogens (tertiary/aromatic N) is 5. The molecule has 0 aliphatic rings. The Labute approximate surface area is 173 Å². The minimum atomic E-state index is -0.229. The maximum absolute atomic E-state index is 13.4. The molecule has 4 aromatic rings. The molecule has 0 aliphatic carbocycles. The molecular weight excluding hydrogens is 382 g/mol. The van der Waals surface area contributed by atoms with Crippen LogP contribution in [0.15, 0.2) is 71.6 Å². The molecule has 4 rings (SSSR count). The van der Waals surface area contributed by atoms with Crippen LogP contribution in [0.2, 0.25) is 0 Å². The Morgan fingerprint density at radius 1 is 1.13 bits per heavy atom. The first-order valence-electron chi connectivity index (χ1n) is 9.43. The van der Waals surface area contributed by atoms with Crippen molar-refractivity contribution >= 4 is 5.91 Å². The Kier molecular flexibility index (Phi) is 5.56. The minimum absolute atomic E-state index is 0.229. The summed E-state index contributed by atoms with van der Waals surface area (Å²) in [5, 5.41) is 8.36. The van der Waals surface area contributed by atoms with Crippen LogP contribution in [0.3, 0.4) is 0 Å². The zero-order valence-corrected chi connectivity index (χ0v) is 16.7. The van der Waals surface area contributed by atoms with E-state index in [1.807, 2.05) is 49.4 Å². The molecule has 3 heterocycles. The summed E-state index contributed by atoms with van der Waals surface area (Å²) >= 11 is 0. The summed E-state index contributed by atoms with van der Waals surface area (Å²) in [6.45, 7) is 2.52. The fraction of sp³-hybridized carbons (Fsp3) is 0.182. The van der Waals surface area contributed by atoms with Gasteiger partial charge in [-0.1, -0.05) is 11.3 Å². The van der Waals surface area contributed by atoms with Crippen LogP contribution in [0.1, 0.15) is 27.5 Å². The topological polar surface area (TPSA) is 86.3 Å². The lowest BCUT2D eigenvalue weighted by molar-refractivity contribution is 0.0710. The number of carbonyl (C=O) groups is 1. The molecule has 0 saturated carbocycles. The molecule has 8 nitrogen and oxygen atoms in total. The predicted molar refractivity (Wildman–Crippen MR) is 109 cm³/mol. The summed E-state index contributed by atoms with van der Waals surface area (Å²) in [4.78, 5) is 19.2. The molecule has 3 aromatic heterocycles. The molecule has 0 radical (unpaired) electrons. The van der Waals surface area contributed by atoms with E-state index in [4.69, 9.17) is 9.15 Å². The van der Waals surface area contributed by atoms with E-state index >= 15 is 0 Å². The van der Waals surface area contributed by atoms with Gasteiger partial charge in [0.2, 0.25) is 0 Å². The maximum atomic E-state index is 13.4. The Hall–Kier alpha value is -3.94. The third-order valence-electron chi connectivity index (χ3n) is 4.72. The Bertz CT molecular complexity index is 1110. The highest BCUT2D eigenvalue weighted by atomic mass is 16.5. The van der Waals surface area contributed by atoms with Gasteiger partial charge >= 0.3 is 0 Å². The Balaban J connectivity index is 1.62. The summed E-state index contributed by atoms with van der Waals surface area (Å²) in [7, 11) is 1.61. The number of furan rings is 1. The average Bonchev–Trinajstić information content (AvgIpc) is 3.43. The van der Waals surface area contributed by atoms with Crippen molar-refractivity contribution in [1.29, 1.82) is 0 Å². The van der Waals surface area contributed by atoms with Gasteiger partial charge < -0.3 is 14.1 Å². The summed E-state index contributed by atoms with van der Waals surface area (Å²) in [6, 6.07) is 14.8. The van der Waals surface area contributed by atoms with Crippen LogP contribution in [0.5, 0.6) is 5.75 Å². The molecule has 0 saturated heterocycles. The van der Waals surface area contributed by atoms with Crippen molar-refractivity contribution in [3.05, 3.63) is 89.9 Å². The molecule has 0 aliphatic heterocycles. The zero-order valence-electron chi connectivity index (χ0n) is 16.7. The number of methoxy groups -OCH3 is 1. The second kappa shape index (κ2) is 8.60. The molecule has 0 N–H and O–H groups in total. The lowest BCUT2D eigenvalue weighted by Gasteiger charge is -2.21. The van der Waals surface area contributed by atoms with Crippen molar-refractivity contribution in [2.75, 3.05) is 7.11 Å². The van der Waals surface area contributed by atoms with Crippen LogP contribution in [0, 0.1) is 6.92 Å². The normalized spacial score (nSPS) is 10.7. The number of rotatable bonds is 7. The predicted octanol–water partition coefficient (Wildman–Crippen LogP) is 3.41. The van der Waals surface area contributed by atoms with Gasteiger partial charge in [0.15, 0.2) is 5.69 Å². The molecule has 0 spiro atoms. The number of benzene rings is 1. The number of aromatic nitrogens is 4. The first-order chi connectivity index (χ1) is 14.7. The largest absolute Gasteiger partial charge is 0.497 e. The van der Waals surface area contributed by atoms with E-state index in [0.29, 0.717) is 30.2 Å². The average molecular weight is 403 g/mol. The summed E-state index contributed by atoms with van der Waals surface area (Å²) < 4.78 is 12.3. The third kappa shape index (κ3) is 4.07. The molecule has 0 fully saturated rings. The molecular formula is C22H21N5O3. The lowest BCUT2D eigenvalue weighted by Crippen LogP contribution is -2.31. The summed E-state index contributed by atoms with van der Waals surface area (Å²) in [5.41, 5.74) is 2.66. The van der Waals surface area contributed by atoms with Crippen LogP contribution in [-0.4, -0.2) is 37.9 Å². The van der Waals surface area contributed by atoms with Crippen molar-refractivity contribution in [2.45, 2.75) is 20.0 Å². The van der Waals surface area contributed by atoms with E-state index in [0.717, 1.165) is 17.0 Å². The highest BCUT2D eigenvalue weighted by Gasteiger charge is 2.24. The SMILES string of the molecule is COc1ccc(-n2nnc(C(=O)N(Cc3cccnc3)Cc3ccco3)c2C)cc1. The number of hydrogen-bond donors (Lipinski definition) is 0. The zero-order chi connectivity index (χ0) is 20.9. The molecule has 0 bridgehead atoms. The van der Waals surface area contributed by atoms with Crippen LogP contribution < -0.4 is 4.74 Å². The first-order valence-corrected chi connectivity index (χ1v) is 9.43. The van der Waals surface area contributed by atoms with Gasteiger partial charge in [-0.25, -0.2) is 4.68 Å². The molecule has 8 heteroatoms. The van der Waals surface area contributed by atoms with Crippen LogP contribution in [-0.2, 0) is 13.1 Å². The van der Waals surface area contributed by atoms with Crippen LogP contribution >= 0.6 is 0 Å². The molecule has 30 heavy (non-hydrogen) atoms. The van der Waals surface area contributed by atoms with Crippen molar-refractivity contribution in [1.82, 2.24) is 24.9 Å². The van der Waals surface area contributed by atoms with Crippen molar-refractivity contribution < 1.29 is 13.9 Å². The minimum Gasteiger partial charge on any atom is -0.497 e. The van der Waals surface area contributed by atoms with Gasteiger partial charge in [0, 0.05) is 18.9 Å². The van der Waals surface area contributed by atoms with E-state index in [-0.39, 0.29) is 5.91 Å². The molecule has 152 valence electrons. The van der Waals surface area contributed by atoms with E-state index in [9.17, 15) is 4.79 Å². The Morgan fingerprint density at radius 2 is 1.97 bits per heavy atom. The fourth-order valence-corrected chi connectivity index (χ4v) is 3.15. The molecule has 0 atom stereocenters. The number of carbonyl (C=O) groups excluding carboxylic acids is 1. The first kappa shape index (κ1) is 19.4. The van der Waals surface area contributed by atoms with E-state index < -0.39 is 0 Å². The van der Waals surface area contributed by atoms with Gasteiger partial charge in [0.25, 0.3) is 5.91 Å². The van der Waals surface area contributed by atoms with Crippen LogP contribution in [0.4, 0.5) is 0 Å². The number of ether oxygens (including phenoxy) is 1. The molecule has 0 unspecified atom stereocenters. The van der Waals surface area contributed by atoms with Crippen molar-refractivity contribution in [3.8, 4) is 11.4 Å².